The minimum Gasteiger partial charge on any atom is -0.507 e. The SMILES string of the molecule is CCCCOc1ccc([C@H]2C(=C(O)c3ccc4c(c3)OCCO4)C(=O)C(=O)N2CCC[NH+]2CCOCC2)cc1. The number of nitrogens with one attached hydrogen (secondary N) is 1. The van der Waals surface area contributed by atoms with Crippen LogP contribution in [0.4, 0.5) is 0 Å². The molecule has 2 aromatic carbocycles. The molecule has 1 amide bonds. The van der Waals surface area contributed by atoms with Crippen molar-refractivity contribution >= 4 is 17.4 Å². The van der Waals surface area contributed by atoms with Crippen LogP contribution in [0.25, 0.3) is 5.76 Å². The molecule has 9 nitrogen and oxygen atoms in total. The number of fused-ring (bicyclic) bond motifs is 1. The number of quaternary nitrogens is 1. The number of unbranched alkanes of at least 4 members (excludes halogenated alkanes) is 1. The summed E-state index contributed by atoms with van der Waals surface area (Å²) in [6.45, 7) is 8.23. The van der Waals surface area contributed by atoms with Gasteiger partial charge in [-0.25, -0.2) is 0 Å². The Morgan fingerprint density at radius 1 is 1.00 bits per heavy atom. The lowest BCUT2D eigenvalue weighted by atomic mass is 9.95. The van der Waals surface area contributed by atoms with Gasteiger partial charge in [-0.3, -0.25) is 9.59 Å². The molecule has 1 atom stereocenters. The summed E-state index contributed by atoms with van der Waals surface area (Å²) in [5.74, 6) is 0.303. The molecule has 0 spiro atoms. The first kappa shape index (κ1) is 27.0. The van der Waals surface area contributed by atoms with Gasteiger partial charge in [0.15, 0.2) is 11.5 Å². The number of likely N-dealkylation sites (tertiary alicyclic amines) is 1. The molecule has 0 saturated carbocycles. The zero-order valence-electron chi connectivity index (χ0n) is 22.4. The second-order valence-electron chi connectivity index (χ2n) is 10.1. The van der Waals surface area contributed by atoms with Crippen molar-refractivity contribution in [1.29, 1.82) is 0 Å². The Kier molecular flexibility index (Phi) is 8.68. The van der Waals surface area contributed by atoms with Crippen molar-refractivity contribution in [2.75, 3.05) is 59.2 Å². The second-order valence-corrected chi connectivity index (χ2v) is 10.1. The van der Waals surface area contributed by atoms with E-state index in [2.05, 4.69) is 6.92 Å². The Morgan fingerprint density at radius 2 is 1.74 bits per heavy atom. The molecule has 3 aliphatic rings. The lowest BCUT2D eigenvalue weighted by Gasteiger charge is -2.27. The zero-order valence-corrected chi connectivity index (χ0v) is 22.4. The van der Waals surface area contributed by atoms with Gasteiger partial charge in [0.25, 0.3) is 11.7 Å². The average Bonchev–Trinajstić information content (AvgIpc) is 3.22. The largest absolute Gasteiger partial charge is 0.507 e. The molecular formula is C30H37N2O7+. The maximum Gasteiger partial charge on any atom is 0.295 e. The molecule has 2 fully saturated rings. The fraction of sp³-hybridized carbons (Fsp3) is 0.467. The molecule has 9 heteroatoms. The molecule has 3 aliphatic heterocycles. The van der Waals surface area contributed by atoms with E-state index in [0.29, 0.717) is 43.4 Å². The zero-order chi connectivity index (χ0) is 27.2. The lowest BCUT2D eigenvalue weighted by Crippen LogP contribution is -3.14. The summed E-state index contributed by atoms with van der Waals surface area (Å²) < 4.78 is 22.5. The highest BCUT2D eigenvalue weighted by molar-refractivity contribution is 6.46. The predicted molar refractivity (Wildman–Crippen MR) is 144 cm³/mol. The third kappa shape index (κ3) is 6.04. The molecule has 2 aromatic rings. The molecule has 5 rings (SSSR count). The van der Waals surface area contributed by atoms with Gasteiger partial charge in [0.05, 0.1) is 38.0 Å². The van der Waals surface area contributed by atoms with Crippen molar-refractivity contribution in [2.45, 2.75) is 32.2 Å². The number of hydrogen-bond donors (Lipinski definition) is 2. The number of aliphatic hydroxyl groups is 1. The molecule has 3 heterocycles. The van der Waals surface area contributed by atoms with Gasteiger partial charge >= 0.3 is 0 Å². The van der Waals surface area contributed by atoms with Gasteiger partial charge in [0.2, 0.25) is 0 Å². The van der Waals surface area contributed by atoms with Crippen molar-refractivity contribution in [1.82, 2.24) is 4.90 Å². The molecule has 0 unspecified atom stereocenters. The van der Waals surface area contributed by atoms with Crippen LogP contribution in [0.3, 0.4) is 0 Å². The van der Waals surface area contributed by atoms with Gasteiger partial charge in [-0.2, -0.15) is 0 Å². The standard InChI is InChI=1S/C30H36N2O7/c1-2-3-15-37-23-8-5-21(6-9-23)27-26(28(33)22-7-10-24-25(20-22)39-19-18-38-24)29(34)30(35)32(27)12-4-11-31-13-16-36-17-14-31/h5-10,20,27,33H,2-4,11-19H2,1H3/p+1/t27-/m0/s1. The number of aliphatic hydroxyl groups excluding tert-OH is 1. The summed E-state index contributed by atoms with van der Waals surface area (Å²) in [5.41, 5.74) is 1.23. The molecule has 0 radical (unpaired) electrons. The van der Waals surface area contributed by atoms with Gasteiger partial charge in [-0.1, -0.05) is 25.5 Å². The van der Waals surface area contributed by atoms with Crippen molar-refractivity contribution in [3.63, 3.8) is 0 Å². The van der Waals surface area contributed by atoms with E-state index >= 15 is 0 Å². The maximum absolute atomic E-state index is 13.4. The fourth-order valence-corrected chi connectivity index (χ4v) is 5.29. The van der Waals surface area contributed by atoms with Crippen LogP contribution in [0, 0.1) is 0 Å². The number of carbonyl (C=O) groups is 2. The van der Waals surface area contributed by atoms with Gasteiger partial charge in [-0.05, 0) is 42.3 Å². The topological polar surface area (TPSA) is 99.0 Å². The molecular weight excluding hydrogens is 500 g/mol. The Morgan fingerprint density at radius 3 is 2.49 bits per heavy atom. The van der Waals surface area contributed by atoms with E-state index in [9.17, 15) is 14.7 Å². The minimum absolute atomic E-state index is 0.0787. The minimum atomic E-state index is -0.706. The van der Waals surface area contributed by atoms with E-state index in [1.807, 2.05) is 24.3 Å². The van der Waals surface area contributed by atoms with Gasteiger partial charge < -0.3 is 33.9 Å². The monoisotopic (exact) mass is 537 g/mol. The van der Waals surface area contributed by atoms with Crippen molar-refractivity contribution < 1.29 is 38.5 Å². The summed E-state index contributed by atoms with van der Waals surface area (Å²) in [5, 5.41) is 11.4. The van der Waals surface area contributed by atoms with Crippen LogP contribution in [-0.4, -0.2) is 80.9 Å². The first-order valence-corrected chi connectivity index (χ1v) is 13.9. The van der Waals surface area contributed by atoms with E-state index in [1.165, 1.54) is 4.90 Å². The molecule has 2 saturated heterocycles. The summed E-state index contributed by atoms with van der Waals surface area (Å²) in [6, 6.07) is 11.8. The molecule has 208 valence electrons. The number of ether oxygens (including phenoxy) is 4. The third-order valence-corrected chi connectivity index (χ3v) is 7.45. The number of benzene rings is 2. The number of hydrogen-bond acceptors (Lipinski definition) is 7. The Bertz CT molecular complexity index is 1200. The quantitative estimate of drug-likeness (QED) is 0.208. The predicted octanol–water partition coefficient (Wildman–Crippen LogP) is 2.36. The van der Waals surface area contributed by atoms with Crippen LogP contribution in [0.5, 0.6) is 17.2 Å². The van der Waals surface area contributed by atoms with E-state index in [-0.39, 0.29) is 11.3 Å². The lowest BCUT2D eigenvalue weighted by molar-refractivity contribution is -0.908. The van der Waals surface area contributed by atoms with Crippen LogP contribution >= 0.6 is 0 Å². The number of morpholine rings is 1. The fourth-order valence-electron chi connectivity index (χ4n) is 5.29. The van der Waals surface area contributed by atoms with Crippen LogP contribution in [0.1, 0.15) is 43.4 Å². The first-order chi connectivity index (χ1) is 19.1. The maximum atomic E-state index is 13.4. The Labute approximate surface area is 228 Å². The van der Waals surface area contributed by atoms with E-state index in [0.717, 1.165) is 63.4 Å². The van der Waals surface area contributed by atoms with Gasteiger partial charge in [0.1, 0.15) is 37.8 Å². The summed E-state index contributed by atoms with van der Waals surface area (Å²) in [6.07, 6.45) is 2.74. The molecule has 2 N–H and O–H groups in total. The van der Waals surface area contributed by atoms with E-state index < -0.39 is 17.7 Å². The van der Waals surface area contributed by atoms with Crippen LogP contribution in [0.15, 0.2) is 48.0 Å². The van der Waals surface area contributed by atoms with Crippen molar-refractivity contribution in [3.8, 4) is 17.2 Å². The summed E-state index contributed by atoms with van der Waals surface area (Å²) >= 11 is 0. The highest BCUT2D eigenvalue weighted by atomic mass is 16.6. The highest BCUT2D eigenvalue weighted by Crippen LogP contribution is 2.41. The number of nitrogens with zero attached hydrogens (tertiary/aromatic N) is 1. The number of amides is 1. The van der Waals surface area contributed by atoms with Crippen molar-refractivity contribution in [3.05, 3.63) is 59.2 Å². The Balaban J connectivity index is 1.45. The summed E-state index contributed by atoms with van der Waals surface area (Å²) in [7, 11) is 0. The van der Waals surface area contributed by atoms with Gasteiger partial charge in [-0.15, -0.1) is 0 Å². The number of ketones is 1. The first-order valence-electron chi connectivity index (χ1n) is 13.9. The van der Waals surface area contributed by atoms with Crippen molar-refractivity contribution in [2.24, 2.45) is 0 Å². The normalized spacial score (nSPS) is 20.8. The van der Waals surface area contributed by atoms with Gasteiger partial charge in [0, 0.05) is 18.5 Å². The molecule has 0 aliphatic carbocycles. The third-order valence-electron chi connectivity index (χ3n) is 7.45. The van der Waals surface area contributed by atoms with Crippen LogP contribution in [0.2, 0.25) is 0 Å². The average molecular weight is 538 g/mol. The van der Waals surface area contributed by atoms with Crippen LogP contribution in [-0.2, 0) is 14.3 Å². The van der Waals surface area contributed by atoms with E-state index in [4.69, 9.17) is 18.9 Å². The number of rotatable bonds is 10. The second kappa shape index (κ2) is 12.5. The Hall–Kier alpha value is -3.56. The van der Waals surface area contributed by atoms with Crippen LogP contribution < -0.4 is 19.1 Å². The smallest absolute Gasteiger partial charge is 0.295 e. The summed E-state index contributed by atoms with van der Waals surface area (Å²) in [4.78, 5) is 29.7. The highest BCUT2D eigenvalue weighted by Gasteiger charge is 2.46. The van der Waals surface area contributed by atoms with E-state index in [1.54, 1.807) is 23.1 Å². The molecule has 0 aromatic heterocycles. The number of carbonyl (C=O) groups excluding carboxylic acids is 2. The molecule has 0 bridgehead atoms. The number of Topliss-reactive ketones (excluding diaryl/α,β-unsaturated/α-hetero) is 1. The molecule has 39 heavy (non-hydrogen) atoms.